The standard InChI is InChI=1S/C19H15ClN4O3/c1-27-19(26)12-2-6-15(7-3-12)24-18(25)16-10-22-17(11-21-16)23-14-8-4-13(20)5-9-14/h2-11H,1H3,(H,22,23)(H,24,25). The Morgan fingerprint density at radius 2 is 1.59 bits per heavy atom. The van der Waals surface area contributed by atoms with Gasteiger partial charge in [0.05, 0.1) is 25.1 Å². The third kappa shape index (κ3) is 4.80. The van der Waals surface area contributed by atoms with E-state index in [9.17, 15) is 9.59 Å². The summed E-state index contributed by atoms with van der Waals surface area (Å²) in [6.07, 6.45) is 2.83. The van der Waals surface area contributed by atoms with Crippen molar-refractivity contribution >= 4 is 40.7 Å². The Morgan fingerprint density at radius 3 is 2.19 bits per heavy atom. The van der Waals surface area contributed by atoms with E-state index in [1.54, 1.807) is 36.4 Å². The number of nitrogens with one attached hydrogen (secondary N) is 2. The summed E-state index contributed by atoms with van der Waals surface area (Å²) in [6, 6.07) is 13.5. The smallest absolute Gasteiger partial charge is 0.337 e. The first-order valence-corrected chi connectivity index (χ1v) is 8.27. The van der Waals surface area contributed by atoms with Gasteiger partial charge in [-0.25, -0.2) is 14.8 Å². The molecule has 1 heterocycles. The van der Waals surface area contributed by atoms with Gasteiger partial charge >= 0.3 is 5.97 Å². The van der Waals surface area contributed by atoms with E-state index < -0.39 is 11.9 Å². The van der Waals surface area contributed by atoms with Crippen LogP contribution in [0.2, 0.25) is 5.02 Å². The molecule has 0 aliphatic heterocycles. The maximum absolute atomic E-state index is 12.3. The van der Waals surface area contributed by atoms with Gasteiger partial charge in [0.25, 0.3) is 5.91 Å². The highest BCUT2D eigenvalue weighted by molar-refractivity contribution is 6.30. The number of hydrogen-bond donors (Lipinski definition) is 2. The molecule has 27 heavy (non-hydrogen) atoms. The first-order valence-electron chi connectivity index (χ1n) is 7.89. The lowest BCUT2D eigenvalue weighted by Crippen LogP contribution is -2.14. The lowest BCUT2D eigenvalue weighted by atomic mass is 10.2. The van der Waals surface area contributed by atoms with Gasteiger partial charge in [-0.05, 0) is 48.5 Å². The maximum atomic E-state index is 12.3. The van der Waals surface area contributed by atoms with Crippen LogP contribution in [0.1, 0.15) is 20.8 Å². The number of methoxy groups -OCH3 is 1. The molecule has 0 radical (unpaired) electrons. The van der Waals surface area contributed by atoms with E-state index in [2.05, 4.69) is 25.3 Å². The van der Waals surface area contributed by atoms with E-state index in [0.717, 1.165) is 5.69 Å². The molecule has 3 rings (SSSR count). The summed E-state index contributed by atoms with van der Waals surface area (Å²) >= 11 is 5.85. The lowest BCUT2D eigenvalue weighted by molar-refractivity contribution is 0.0600. The average molecular weight is 383 g/mol. The van der Waals surface area contributed by atoms with Crippen LogP contribution >= 0.6 is 11.6 Å². The number of anilines is 3. The van der Waals surface area contributed by atoms with E-state index >= 15 is 0 Å². The molecule has 1 aromatic heterocycles. The normalized spacial score (nSPS) is 10.1. The molecule has 3 aromatic rings. The van der Waals surface area contributed by atoms with Crippen molar-refractivity contribution in [2.75, 3.05) is 17.7 Å². The third-order valence-electron chi connectivity index (χ3n) is 3.56. The molecule has 0 aliphatic carbocycles. The van der Waals surface area contributed by atoms with Crippen LogP contribution in [-0.4, -0.2) is 29.0 Å². The Bertz CT molecular complexity index is 942. The number of ether oxygens (including phenoxy) is 1. The van der Waals surface area contributed by atoms with Crippen molar-refractivity contribution in [2.45, 2.75) is 0 Å². The van der Waals surface area contributed by atoms with E-state index in [1.165, 1.54) is 19.5 Å². The van der Waals surface area contributed by atoms with Crippen LogP contribution < -0.4 is 10.6 Å². The van der Waals surface area contributed by atoms with Crippen molar-refractivity contribution in [3.63, 3.8) is 0 Å². The molecule has 0 saturated carbocycles. The molecule has 2 aromatic carbocycles. The quantitative estimate of drug-likeness (QED) is 0.650. The van der Waals surface area contributed by atoms with E-state index in [4.69, 9.17) is 11.6 Å². The largest absolute Gasteiger partial charge is 0.465 e. The van der Waals surface area contributed by atoms with Crippen molar-refractivity contribution in [3.05, 3.63) is 77.2 Å². The summed E-state index contributed by atoms with van der Waals surface area (Å²) in [7, 11) is 1.31. The highest BCUT2D eigenvalue weighted by atomic mass is 35.5. The van der Waals surface area contributed by atoms with Crippen molar-refractivity contribution < 1.29 is 14.3 Å². The summed E-state index contributed by atoms with van der Waals surface area (Å²) in [5.74, 6) is -0.356. The minimum atomic E-state index is -0.442. The molecule has 0 unspecified atom stereocenters. The van der Waals surface area contributed by atoms with Gasteiger partial charge in [0.2, 0.25) is 0 Å². The molecule has 0 bridgehead atoms. The Morgan fingerprint density at radius 1 is 0.926 bits per heavy atom. The second-order valence-electron chi connectivity index (χ2n) is 5.44. The predicted molar refractivity (Wildman–Crippen MR) is 103 cm³/mol. The van der Waals surface area contributed by atoms with Gasteiger partial charge in [0.1, 0.15) is 11.5 Å². The van der Waals surface area contributed by atoms with Crippen LogP contribution in [0.5, 0.6) is 0 Å². The predicted octanol–water partition coefficient (Wildman–Crippen LogP) is 3.91. The van der Waals surface area contributed by atoms with Crippen LogP contribution in [0.15, 0.2) is 60.9 Å². The average Bonchev–Trinajstić information content (AvgIpc) is 2.70. The number of carbonyl (C=O) groups is 2. The van der Waals surface area contributed by atoms with Crippen LogP contribution in [0.4, 0.5) is 17.2 Å². The minimum absolute atomic E-state index is 0.161. The van der Waals surface area contributed by atoms with Gasteiger partial charge in [-0.1, -0.05) is 11.6 Å². The summed E-state index contributed by atoms with van der Waals surface area (Å²) in [5.41, 5.74) is 1.89. The number of amides is 1. The van der Waals surface area contributed by atoms with Gasteiger partial charge in [-0.15, -0.1) is 0 Å². The lowest BCUT2D eigenvalue weighted by Gasteiger charge is -2.07. The zero-order valence-electron chi connectivity index (χ0n) is 14.3. The summed E-state index contributed by atoms with van der Waals surface area (Å²) < 4.78 is 4.63. The van der Waals surface area contributed by atoms with Gasteiger partial charge < -0.3 is 15.4 Å². The highest BCUT2D eigenvalue weighted by Gasteiger charge is 2.10. The molecule has 1 amide bonds. The zero-order chi connectivity index (χ0) is 19.2. The van der Waals surface area contributed by atoms with Crippen molar-refractivity contribution in [1.82, 2.24) is 9.97 Å². The van der Waals surface area contributed by atoms with Crippen molar-refractivity contribution in [3.8, 4) is 0 Å². The fourth-order valence-corrected chi connectivity index (χ4v) is 2.32. The first kappa shape index (κ1) is 18.3. The molecule has 0 spiro atoms. The van der Waals surface area contributed by atoms with Gasteiger partial charge in [-0.2, -0.15) is 0 Å². The van der Waals surface area contributed by atoms with Crippen molar-refractivity contribution in [2.24, 2.45) is 0 Å². The van der Waals surface area contributed by atoms with Gasteiger partial charge in [0, 0.05) is 16.4 Å². The molecule has 0 saturated heterocycles. The molecule has 0 fully saturated rings. The third-order valence-corrected chi connectivity index (χ3v) is 3.82. The second-order valence-corrected chi connectivity index (χ2v) is 5.88. The Hall–Kier alpha value is -3.45. The number of carbonyl (C=O) groups excluding carboxylic acids is 2. The SMILES string of the molecule is COC(=O)c1ccc(NC(=O)c2cnc(Nc3ccc(Cl)cc3)cn2)cc1. The number of aromatic nitrogens is 2. The van der Waals surface area contributed by atoms with E-state index in [1.807, 2.05) is 12.1 Å². The number of hydrogen-bond acceptors (Lipinski definition) is 6. The van der Waals surface area contributed by atoms with Crippen LogP contribution in [0.3, 0.4) is 0 Å². The Kier molecular flexibility index (Phi) is 5.63. The van der Waals surface area contributed by atoms with Crippen LogP contribution in [-0.2, 0) is 4.74 Å². The highest BCUT2D eigenvalue weighted by Crippen LogP contribution is 2.17. The fraction of sp³-hybridized carbons (Fsp3) is 0.0526. The first-order chi connectivity index (χ1) is 13.0. The number of rotatable bonds is 5. The zero-order valence-corrected chi connectivity index (χ0v) is 15.0. The molecule has 0 atom stereocenters. The summed E-state index contributed by atoms with van der Waals surface area (Å²) in [4.78, 5) is 32.0. The Balaban J connectivity index is 1.63. The number of nitrogens with zero attached hydrogens (tertiary/aromatic N) is 2. The number of halogens is 1. The molecular weight excluding hydrogens is 368 g/mol. The molecule has 0 aliphatic rings. The fourth-order valence-electron chi connectivity index (χ4n) is 2.19. The molecule has 7 nitrogen and oxygen atoms in total. The Labute approximate surface area is 160 Å². The van der Waals surface area contributed by atoms with E-state index in [0.29, 0.717) is 22.1 Å². The minimum Gasteiger partial charge on any atom is -0.465 e. The van der Waals surface area contributed by atoms with Gasteiger partial charge in [-0.3, -0.25) is 4.79 Å². The second kappa shape index (κ2) is 8.29. The van der Waals surface area contributed by atoms with Crippen LogP contribution in [0.25, 0.3) is 0 Å². The number of esters is 1. The molecule has 8 heteroatoms. The topological polar surface area (TPSA) is 93.2 Å². The summed E-state index contributed by atoms with van der Waals surface area (Å²) in [6.45, 7) is 0. The monoisotopic (exact) mass is 382 g/mol. The molecular formula is C19H15ClN4O3. The maximum Gasteiger partial charge on any atom is 0.337 e. The molecule has 136 valence electrons. The van der Waals surface area contributed by atoms with Gasteiger partial charge in [0.15, 0.2) is 0 Å². The van der Waals surface area contributed by atoms with E-state index in [-0.39, 0.29) is 5.69 Å². The molecule has 2 N–H and O–H groups in total. The van der Waals surface area contributed by atoms with Crippen LogP contribution in [0, 0.1) is 0 Å². The number of benzene rings is 2. The van der Waals surface area contributed by atoms with Crippen molar-refractivity contribution in [1.29, 1.82) is 0 Å². The summed E-state index contributed by atoms with van der Waals surface area (Å²) in [5, 5.41) is 6.39.